The first kappa shape index (κ1) is 24.5. The number of sulfonamides is 1. The van der Waals surface area contributed by atoms with E-state index in [4.69, 9.17) is 23.8 Å². The van der Waals surface area contributed by atoms with Crippen LogP contribution in [0.4, 0.5) is 5.69 Å². The molecule has 0 radical (unpaired) electrons. The second-order valence-corrected chi connectivity index (χ2v) is 8.98. The Hall–Kier alpha value is -2.78. The predicted octanol–water partition coefficient (Wildman–Crippen LogP) is 4.23. The van der Waals surface area contributed by atoms with E-state index in [0.29, 0.717) is 16.3 Å². The van der Waals surface area contributed by atoms with Gasteiger partial charge in [-0.3, -0.25) is 10.1 Å². The van der Waals surface area contributed by atoms with Gasteiger partial charge < -0.3 is 5.32 Å². The van der Waals surface area contributed by atoms with Crippen LogP contribution in [0.15, 0.2) is 84.8 Å². The summed E-state index contributed by atoms with van der Waals surface area (Å²) < 4.78 is 26.7. The topological polar surface area (TPSA) is 78.5 Å². The lowest BCUT2D eigenvalue weighted by molar-refractivity contribution is -0.115. The van der Waals surface area contributed by atoms with Gasteiger partial charge in [0.05, 0.1) is 4.90 Å². The Morgan fingerprint density at radius 2 is 1.68 bits per heavy atom. The molecule has 2 rings (SSSR count). The highest BCUT2D eigenvalue weighted by atomic mass is 35.5. The summed E-state index contributed by atoms with van der Waals surface area (Å²) in [7, 11) is -3.69. The van der Waals surface area contributed by atoms with E-state index in [0.717, 1.165) is 0 Å². The quantitative estimate of drug-likeness (QED) is 0.322. The fourth-order valence-electron chi connectivity index (χ4n) is 2.51. The summed E-state index contributed by atoms with van der Waals surface area (Å²) >= 11 is 11.2. The zero-order chi connectivity index (χ0) is 22.9. The zero-order valence-corrected chi connectivity index (χ0v) is 19.0. The van der Waals surface area contributed by atoms with E-state index < -0.39 is 15.9 Å². The number of rotatable bonds is 9. The number of hydrogen-bond donors (Lipinski definition) is 2. The highest BCUT2D eigenvalue weighted by Gasteiger charge is 2.22. The summed E-state index contributed by atoms with van der Waals surface area (Å²) in [4.78, 5) is 12.2. The molecule has 0 saturated carbocycles. The summed E-state index contributed by atoms with van der Waals surface area (Å²) in [6, 6.07) is 13.2. The first-order chi connectivity index (χ1) is 14.8. The highest BCUT2D eigenvalue weighted by molar-refractivity contribution is 7.89. The van der Waals surface area contributed by atoms with Crippen molar-refractivity contribution in [2.24, 2.45) is 0 Å². The molecule has 0 spiro atoms. The van der Waals surface area contributed by atoms with Gasteiger partial charge in [0.2, 0.25) is 15.9 Å². The lowest BCUT2D eigenvalue weighted by Gasteiger charge is -2.19. The molecule has 31 heavy (non-hydrogen) atoms. The van der Waals surface area contributed by atoms with Crippen LogP contribution < -0.4 is 10.6 Å². The number of carbonyl (C=O) groups is 1. The average Bonchev–Trinajstić information content (AvgIpc) is 2.73. The summed E-state index contributed by atoms with van der Waals surface area (Å²) in [6.45, 7) is 7.51. The van der Waals surface area contributed by atoms with Gasteiger partial charge in [0, 0.05) is 29.9 Å². The van der Waals surface area contributed by atoms with E-state index in [1.807, 2.05) is 6.07 Å². The number of thiocarbonyl (C=S) groups is 1. The minimum Gasteiger partial charge on any atom is -0.332 e. The number of halogens is 1. The number of nitrogens with one attached hydrogen (secondary N) is 2. The molecule has 2 N–H and O–H groups in total. The van der Waals surface area contributed by atoms with Crippen LogP contribution in [0.5, 0.6) is 0 Å². The van der Waals surface area contributed by atoms with Crippen molar-refractivity contribution in [3.8, 4) is 0 Å². The van der Waals surface area contributed by atoms with Gasteiger partial charge >= 0.3 is 0 Å². The van der Waals surface area contributed by atoms with Crippen LogP contribution in [0.25, 0.3) is 6.08 Å². The molecular weight excluding hydrogens is 454 g/mol. The number of benzene rings is 2. The van der Waals surface area contributed by atoms with Crippen LogP contribution in [-0.2, 0) is 14.8 Å². The SMILES string of the molecule is C=CCN(CC=C)S(=O)(=O)c1ccc(NC(=S)NC(=O)/C=C/c2ccccc2Cl)cc1. The summed E-state index contributed by atoms with van der Waals surface area (Å²) in [5.41, 5.74) is 1.23. The molecule has 0 heterocycles. The van der Waals surface area contributed by atoms with Crippen molar-refractivity contribution in [2.75, 3.05) is 18.4 Å². The Bertz CT molecular complexity index is 1090. The Balaban J connectivity index is 2.00. The summed E-state index contributed by atoms with van der Waals surface area (Å²) in [5, 5.41) is 5.96. The molecular formula is C22H22ClN3O3S2. The van der Waals surface area contributed by atoms with Gasteiger partial charge in [0.15, 0.2) is 5.11 Å². The number of nitrogens with zero attached hydrogens (tertiary/aromatic N) is 1. The van der Waals surface area contributed by atoms with Crippen molar-refractivity contribution in [2.45, 2.75) is 4.90 Å². The fraction of sp³-hybridized carbons (Fsp3) is 0.0909. The third-order valence-corrected chi connectivity index (χ3v) is 6.37. The molecule has 0 saturated heterocycles. The molecule has 1 amide bonds. The molecule has 2 aromatic rings. The largest absolute Gasteiger partial charge is 0.332 e. The Kier molecular flexibility index (Phi) is 9.14. The molecule has 0 aliphatic carbocycles. The average molecular weight is 476 g/mol. The first-order valence-corrected chi connectivity index (χ1v) is 11.4. The van der Waals surface area contributed by atoms with E-state index in [-0.39, 0.29) is 23.1 Å². The van der Waals surface area contributed by atoms with Crippen molar-refractivity contribution < 1.29 is 13.2 Å². The normalized spacial score (nSPS) is 11.3. The Morgan fingerprint density at radius 3 is 2.26 bits per heavy atom. The fourth-order valence-corrected chi connectivity index (χ4v) is 4.31. The molecule has 0 atom stereocenters. The van der Waals surface area contributed by atoms with E-state index in [2.05, 4.69) is 23.8 Å². The van der Waals surface area contributed by atoms with Crippen LogP contribution in [0, 0.1) is 0 Å². The number of anilines is 1. The maximum atomic E-state index is 12.7. The lowest BCUT2D eigenvalue weighted by Crippen LogP contribution is -2.33. The van der Waals surface area contributed by atoms with Gasteiger partial charge in [0.25, 0.3) is 0 Å². The monoisotopic (exact) mass is 475 g/mol. The maximum Gasteiger partial charge on any atom is 0.250 e. The van der Waals surface area contributed by atoms with Crippen LogP contribution in [0.2, 0.25) is 5.02 Å². The van der Waals surface area contributed by atoms with E-state index in [1.165, 1.54) is 34.7 Å². The molecule has 162 valence electrons. The predicted molar refractivity (Wildman–Crippen MR) is 130 cm³/mol. The van der Waals surface area contributed by atoms with Crippen LogP contribution >= 0.6 is 23.8 Å². The standard InChI is InChI=1S/C22H22ClN3O3S2/c1-3-15-26(16-4-2)31(28,29)19-12-10-18(11-13-19)24-22(30)25-21(27)14-9-17-7-5-6-8-20(17)23/h3-14H,1-2,15-16H2,(H2,24,25,27,30)/b14-9+. The third kappa shape index (κ3) is 7.15. The number of hydrogen-bond acceptors (Lipinski definition) is 4. The molecule has 6 nitrogen and oxygen atoms in total. The van der Waals surface area contributed by atoms with Gasteiger partial charge in [-0.2, -0.15) is 4.31 Å². The zero-order valence-electron chi connectivity index (χ0n) is 16.6. The molecule has 0 bridgehead atoms. The van der Waals surface area contributed by atoms with Gasteiger partial charge in [-0.25, -0.2) is 8.42 Å². The van der Waals surface area contributed by atoms with Crippen molar-refractivity contribution in [1.29, 1.82) is 0 Å². The van der Waals surface area contributed by atoms with Crippen LogP contribution in [-0.4, -0.2) is 36.8 Å². The minimum atomic E-state index is -3.69. The van der Waals surface area contributed by atoms with E-state index >= 15 is 0 Å². The lowest BCUT2D eigenvalue weighted by atomic mass is 10.2. The summed E-state index contributed by atoms with van der Waals surface area (Å²) in [6.07, 6.45) is 5.92. The van der Waals surface area contributed by atoms with Crippen molar-refractivity contribution in [1.82, 2.24) is 9.62 Å². The van der Waals surface area contributed by atoms with Crippen molar-refractivity contribution >= 4 is 56.6 Å². The minimum absolute atomic E-state index is 0.0735. The number of amides is 1. The van der Waals surface area contributed by atoms with Gasteiger partial charge in [0.1, 0.15) is 0 Å². The van der Waals surface area contributed by atoms with Crippen molar-refractivity contribution in [3.05, 3.63) is 90.5 Å². The van der Waals surface area contributed by atoms with Crippen LogP contribution in [0.3, 0.4) is 0 Å². The number of carbonyl (C=O) groups excluding carboxylic acids is 1. The molecule has 0 aliphatic heterocycles. The Labute approximate surface area is 193 Å². The third-order valence-electron chi connectivity index (χ3n) is 3.97. The van der Waals surface area contributed by atoms with E-state index in [9.17, 15) is 13.2 Å². The second-order valence-electron chi connectivity index (χ2n) is 6.22. The smallest absolute Gasteiger partial charge is 0.250 e. The van der Waals surface area contributed by atoms with Gasteiger partial charge in [-0.05, 0) is 54.2 Å². The summed E-state index contributed by atoms with van der Waals surface area (Å²) in [5.74, 6) is -0.430. The molecule has 2 aromatic carbocycles. The van der Waals surface area contributed by atoms with E-state index in [1.54, 1.807) is 36.4 Å². The van der Waals surface area contributed by atoms with Crippen molar-refractivity contribution in [3.63, 3.8) is 0 Å². The first-order valence-electron chi connectivity index (χ1n) is 9.14. The molecule has 0 aliphatic rings. The van der Waals surface area contributed by atoms with Crippen LogP contribution in [0.1, 0.15) is 5.56 Å². The van der Waals surface area contributed by atoms with Gasteiger partial charge in [-0.1, -0.05) is 42.0 Å². The molecule has 0 aromatic heterocycles. The van der Waals surface area contributed by atoms with Gasteiger partial charge in [-0.15, -0.1) is 13.2 Å². The molecule has 0 fully saturated rings. The molecule has 9 heteroatoms. The Morgan fingerprint density at radius 1 is 1.06 bits per heavy atom. The molecule has 0 unspecified atom stereocenters. The highest BCUT2D eigenvalue weighted by Crippen LogP contribution is 2.19. The second kappa shape index (κ2) is 11.6. The maximum absolute atomic E-state index is 12.7.